The summed E-state index contributed by atoms with van der Waals surface area (Å²) in [6.07, 6.45) is 0. The van der Waals surface area contributed by atoms with Crippen LogP contribution in [0, 0.1) is 5.82 Å². The number of rotatable bonds is 4. The van der Waals surface area contributed by atoms with E-state index >= 15 is 0 Å². The summed E-state index contributed by atoms with van der Waals surface area (Å²) in [5.41, 5.74) is 0.716. The molecule has 2 rings (SSSR count). The predicted molar refractivity (Wildman–Crippen MR) is 79.5 cm³/mol. The highest BCUT2D eigenvalue weighted by Crippen LogP contribution is 2.15. The number of para-hydroxylation sites is 2. The summed E-state index contributed by atoms with van der Waals surface area (Å²) in [4.78, 5) is 25.0. The summed E-state index contributed by atoms with van der Waals surface area (Å²) in [6, 6.07) is 14.7. The van der Waals surface area contributed by atoms with E-state index < -0.39 is 11.7 Å². The van der Waals surface area contributed by atoms with Crippen LogP contribution >= 0.6 is 0 Å². The Hall–Kier alpha value is -2.69. The minimum atomic E-state index is -0.514. The molecule has 0 saturated carbocycles. The lowest BCUT2D eigenvalue weighted by atomic mass is 10.2. The highest BCUT2D eigenvalue weighted by molar-refractivity contribution is 6.01. The van der Waals surface area contributed by atoms with Crippen LogP contribution in [0.15, 0.2) is 54.6 Å². The number of anilines is 2. The van der Waals surface area contributed by atoms with E-state index in [0.717, 1.165) is 0 Å². The summed E-state index contributed by atoms with van der Waals surface area (Å²) in [6.45, 7) is 1.21. The van der Waals surface area contributed by atoms with Crippen molar-refractivity contribution in [3.63, 3.8) is 0 Å². The molecule has 2 amide bonds. The topological polar surface area (TPSA) is 49.4 Å². The Kier molecular flexibility index (Phi) is 4.66. The normalized spacial score (nSPS) is 10.0. The standard InChI is InChI=1S/C16H15FN2O2/c1-12(20)19(13-7-3-2-4-8-13)11-16(21)18-15-10-6-5-9-14(15)17/h2-10H,11H2,1H3,(H,18,21). The van der Waals surface area contributed by atoms with E-state index in [1.54, 1.807) is 30.3 Å². The Morgan fingerprint density at radius 2 is 1.67 bits per heavy atom. The molecule has 0 spiro atoms. The zero-order chi connectivity index (χ0) is 15.2. The van der Waals surface area contributed by atoms with Crippen molar-refractivity contribution in [2.75, 3.05) is 16.8 Å². The van der Waals surface area contributed by atoms with Gasteiger partial charge in [-0.3, -0.25) is 9.59 Å². The third kappa shape index (κ3) is 3.89. The first-order valence-corrected chi connectivity index (χ1v) is 6.45. The second-order valence-electron chi connectivity index (χ2n) is 4.47. The van der Waals surface area contributed by atoms with Crippen LogP contribution in [-0.4, -0.2) is 18.4 Å². The van der Waals surface area contributed by atoms with Gasteiger partial charge in [-0.15, -0.1) is 0 Å². The predicted octanol–water partition coefficient (Wildman–Crippen LogP) is 2.82. The maximum atomic E-state index is 13.5. The monoisotopic (exact) mass is 286 g/mol. The highest BCUT2D eigenvalue weighted by atomic mass is 19.1. The average Bonchev–Trinajstić information content (AvgIpc) is 2.48. The second-order valence-corrected chi connectivity index (χ2v) is 4.47. The zero-order valence-electron chi connectivity index (χ0n) is 11.5. The molecule has 0 heterocycles. The first kappa shape index (κ1) is 14.7. The first-order valence-electron chi connectivity index (χ1n) is 6.45. The number of nitrogens with one attached hydrogen (secondary N) is 1. The number of carbonyl (C=O) groups excluding carboxylic acids is 2. The Bertz CT molecular complexity index is 644. The van der Waals surface area contributed by atoms with Crippen LogP contribution in [-0.2, 0) is 9.59 Å². The van der Waals surface area contributed by atoms with E-state index in [9.17, 15) is 14.0 Å². The molecule has 2 aromatic rings. The molecule has 5 heteroatoms. The second kappa shape index (κ2) is 6.65. The molecule has 0 bridgehead atoms. The van der Waals surface area contributed by atoms with Gasteiger partial charge in [0.25, 0.3) is 0 Å². The molecule has 0 radical (unpaired) electrons. The van der Waals surface area contributed by atoms with Gasteiger partial charge in [0.05, 0.1) is 5.69 Å². The van der Waals surface area contributed by atoms with Gasteiger partial charge in [-0.05, 0) is 24.3 Å². The van der Waals surface area contributed by atoms with E-state index in [1.165, 1.54) is 30.0 Å². The molecule has 0 aliphatic carbocycles. The molecule has 0 aliphatic rings. The van der Waals surface area contributed by atoms with Crippen LogP contribution in [0.4, 0.5) is 15.8 Å². The molecule has 1 N–H and O–H groups in total. The molecule has 4 nitrogen and oxygen atoms in total. The molecule has 0 atom stereocenters. The number of amides is 2. The summed E-state index contributed by atoms with van der Waals surface area (Å²) < 4.78 is 13.5. The Morgan fingerprint density at radius 1 is 1.05 bits per heavy atom. The maximum absolute atomic E-state index is 13.5. The molecule has 0 fully saturated rings. The van der Waals surface area contributed by atoms with Gasteiger partial charge in [0, 0.05) is 12.6 Å². The summed E-state index contributed by atoms with van der Waals surface area (Å²) in [7, 11) is 0. The van der Waals surface area contributed by atoms with Crippen LogP contribution in [0.3, 0.4) is 0 Å². The van der Waals surface area contributed by atoms with Gasteiger partial charge in [0.2, 0.25) is 11.8 Å². The minimum Gasteiger partial charge on any atom is -0.322 e. The Labute approximate surface area is 122 Å². The molecular weight excluding hydrogens is 271 g/mol. The van der Waals surface area contributed by atoms with Crippen molar-refractivity contribution in [3.8, 4) is 0 Å². The fourth-order valence-electron chi connectivity index (χ4n) is 1.89. The van der Waals surface area contributed by atoms with Crippen LogP contribution in [0.25, 0.3) is 0 Å². The third-order valence-corrected chi connectivity index (χ3v) is 2.90. The molecule has 0 saturated heterocycles. The molecule has 0 aromatic heterocycles. The van der Waals surface area contributed by atoms with Crippen molar-refractivity contribution < 1.29 is 14.0 Å². The zero-order valence-corrected chi connectivity index (χ0v) is 11.5. The smallest absolute Gasteiger partial charge is 0.244 e. The van der Waals surface area contributed by atoms with Crippen molar-refractivity contribution >= 4 is 23.2 Å². The van der Waals surface area contributed by atoms with Gasteiger partial charge < -0.3 is 10.2 Å². The van der Waals surface area contributed by atoms with Gasteiger partial charge in [0.15, 0.2) is 0 Å². The summed E-state index contributed by atoms with van der Waals surface area (Å²) in [5, 5.41) is 2.46. The molecule has 2 aromatic carbocycles. The van der Waals surface area contributed by atoms with Crippen LogP contribution < -0.4 is 10.2 Å². The van der Waals surface area contributed by atoms with Crippen molar-refractivity contribution in [3.05, 3.63) is 60.4 Å². The third-order valence-electron chi connectivity index (χ3n) is 2.90. The Morgan fingerprint density at radius 3 is 2.29 bits per heavy atom. The Balaban J connectivity index is 2.10. The molecule has 21 heavy (non-hydrogen) atoms. The van der Waals surface area contributed by atoms with Gasteiger partial charge >= 0.3 is 0 Å². The fourth-order valence-corrected chi connectivity index (χ4v) is 1.89. The first-order chi connectivity index (χ1) is 10.1. The summed E-state index contributed by atoms with van der Waals surface area (Å²) >= 11 is 0. The number of nitrogens with zero attached hydrogens (tertiary/aromatic N) is 1. The highest BCUT2D eigenvalue weighted by Gasteiger charge is 2.16. The van der Waals surface area contributed by atoms with E-state index in [0.29, 0.717) is 5.69 Å². The maximum Gasteiger partial charge on any atom is 0.244 e. The number of benzene rings is 2. The molecule has 0 unspecified atom stereocenters. The largest absolute Gasteiger partial charge is 0.322 e. The molecule has 0 aliphatic heterocycles. The number of halogens is 1. The summed E-state index contributed by atoms with van der Waals surface area (Å²) in [5.74, 6) is -1.23. The van der Waals surface area contributed by atoms with Crippen LogP contribution in [0.1, 0.15) is 6.92 Å². The molecule has 108 valence electrons. The van der Waals surface area contributed by atoms with E-state index in [1.807, 2.05) is 6.07 Å². The van der Waals surface area contributed by atoms with Crippen molar-refractivity contribution in [1.29, 1.82) is 0 Å². The van der Waals surface area contributed by atoms with Gasteiger partial charge in [-0.1, -0.05) is 30.3 Å². The lowest BCUT2D eigenvalue weighted by Gasteiger charge is -2.20. The lowest BCUT2D eigenvalue weighted by molar-refractivity contribution is -0.120. The van der Waals surface area contributed by atoms with Crippen molar-refractivity contribution in [2.45, 2.75) is 6.92 Å². The van der Waals surface area contributed by atoms with Gasteiger partial charge in [-0.25, -0.2) is 4.39 Å². The van der Waals surface area contributed by atoms with E-state index in [-0.39, 0.29) is 18.1 Å². The number of carbonyl (C=O) groups is 2. The minimum absolute atomic E-state index is 0.0964. The SMILES string of the molecule is CC(=O)N(CC(=O)Nc1ccccc1F)c1ccccc1. The van der Waals surface area contributed by atoms with Crippen LogP contribution in [0.2, 0.25) is 0 Å². The van der Waals surface area contributed by atoms with Crippen molar-refractivity contribution in [1.82, 2.24) is 0 Å². The number of hydrogen-bond acceptors (Lipinski definition) is 2. The van der Waals surface area contributed by atoms with E-state index in [4.69, 9.17) is 0 Å². The number of hydrogen-bond donors (Lipinski definition) is 1. The molecular formula is C16H15FN2O2. The quantitative estimate of drug-likeness (QED) is 0.939. The van der Waals surface area contributed by atoms with E-state index in [2.05, 4.69) is 5.32 Å². The van der Waals surface area contributed by atoms with Gasteiger partial charge in [0.1, 0.15) is 12.4 Å². The van der Waals surface area contributed by atoms with Gasteiger partial charge in [-0.2, -0.15) is 0 Å². The average molecular weight is 286 g/mol. The lowest BCUT2D eigenvalue weighted by Crippen LogP contribution is -2.36. The van der Waals surface area contributed by atoms with Crippen molar-refractivity contribution in [2.24, 2.45) is 0 Å². The fraction of sp³-hybridized carbons (Fsp3) is 0.125. The van der Waals surface area contributed by atoms with Crippen LogP contribution in [0.5, 0.6) is 0 Å².